The summed E-state index contributed by atoms with van der Waals surface area (Å²) in [5.41, 5.74) is 4.74. The Morgan fingerprint density at radius 2 is 2.24 bits per heavy atom. The van der Waals surface area contributed by atoms with Crippen LogP contribution in [0.15, 0.2) is 30.3 Å². The van der Waals surface area contributed by atoms with E-state index in [1.54, 1.807) is 0 Å². The second kappa shape index (κ2) is 7.27. The van der Waals surface area contributed by atoms with Crippen LogP contribution < -0.4 is 5.32 Å². The number of rotatable bonds is 4. The predicted octanol–water partition coefficient (Wildman–Crippen LogP) is 2.22. The van der Waals surface area contributed by atoms with Gasteiger partial charge in [0.15, 0.2) is 0 Å². The first-order chi connectivity index (χ1) is 12.3. The van der Waals surface area contributed by atoms with Gasteiger partial charge in [0, 0.05) is 43.2 Å². The van der Waals surface area contributed by atoms with E-state index in [1.807, 2.05) is 23.1 Å². The van der Waals surface area contributed by atoms with Gasteiger partial charge in [0.1, 0.15) is 0 Å². The van der Waals surface area contributed by atoms with Crippen molar-refractivity contribution in [1.82, 2.24) is 20.4 Å². The highest BCUT2D eigenvalue weighted by atomic mass is 16.5. The van der Waals surface area contributed by atoms with Crippen molar-refractivity contribution < 1.29 is 9.53 Å². The Bertz CT molecular complexity index is 728. The molecule has 6 nitrogen and oxygen atoms in total. The molecule has 1 saturated heterocycles. The number of nitrogens with one attached hydrogen (secondary N) is 2. The minimum Gasteiger partial charge on any atom is -0.376 e. The number of benzene rings is 1. The Labute approximate surface area is 147 Å². The summed E-state index contributed by atoms with van der Waals surface area (Å²) in [6, 6.07) is 10.2. The van der Waals surface area contributed by atoms with E-state index in [0.717, 1.165) is 44.7 Å². The summed E-state index contributed by atoms with van der Waals surface area (Å²) < 4.78 is 5.57. The number of hydrogen-bond acceptors (Lipinski definition) is 3. The van der Waals surface area contributed by atoms with Crippen molar-refractivity contribution >= 4 is 6.03 Å². The minimum absolute atomic E-state index is 0.0269. The average Bonchev–Trinajstić information content (AvgIpc) is 3.29. The number of aromatic nitrogens is 2. The summed E-state index contributed by atoms with van der Waals surface area (Å²) >= 11 is 0. The lowest BCUT2D eigenvalue weighted by Gasteiger charge is -2.18. The molecule has 2 amide bonds. The smallest absolute Gasteiger partial charge is 0.317 e. The van der Waals surface area contributed by atoms with Crippen LogP contribution in [-0.4, -0.2) is 47.4 Å². The van der Waals surface area contributed by atoms with E-state index >= 15 is 0 Å². The summed E-state index contributed by atoms with van der Waals surface area (Å²) in [5, 5.41) is 10.7. The standard InChI is InChI=1S/C19H24N4O2/c24-19(20-9-6-14-4-2-1-3-5-14)23-10-7-15(12-23)18-16-13-25-11-8-17(16)21-22-18/h1-5,15H,6-13H2,(H,20,24)(H,21,22). The third-order valence-corrected chi connectivity index (χ3v) is 5.12. The van der Waals surface area contributed by atoms with Gasteiger partial charge < -0.3 is 15.0 Å². The van der Waals surface area contributed by atoms with Crippen molar-refractivity contribution in [3.05, 3.63) is 52.8 Å². The van der Waals surface area contributed by atoms with E-state index in [2.05, 4.69) is 27.6 Å². The van der Waals surface area contributed by atoms with E-state index < -0.39 is 0 Å². The number of urea groups is 1. The largest absolute Gasteiger partial charge is 0.376 e. The normalized spacial score (nSPS) is 19.7. The lowest BCUT2D eigenvalue weighted by atomic mass is 9.98. The van der Waals surface area contributed by atoms with Gasteiger partial charge in [-0.3, -0.25) is 5.10 Å². The molecule has 0 radical (unpaired) electrons. The second-order valence-corrected chi connectivity index (χ2v) is 6.77. The van der Waals surface area contributed by atoms with Gasteiger partial charge in [-0.25, -0.2) is 4.79 Å². The zero-order chi connectivity index (χ0) is 17.1. The van der Waals surface area contributed by atoms with E-state index in [9.17, 15) is 4.79 Å². The molecule has 6 heteroatoms. The summed E-state index contributed by atoms with van der Waals surface area (Å²) in [6.07, 6.45) is 2.72. The molecule has 25 heavy (non-hydrogen) atoms. The summed E-state index contributed by atoms with van der Waals surface area (Å²) in [6.45, 7) is 3.57. The third-order valence-electron chi connectivity index (χ3n) is 5.12. The highest BCUT2D eigenvalue weighted by molar-refractivity contribution is 5.74. The Kier molecular flexibility index (Phi) is 4.70. The highest BCUT2D eigenvalue weighted by Crippen LogP contribution is 2.31. The highest BCUT2D eigenvalue weighted by Gasteiger charge is 2.31. The number of likely N-dealkylation sites (tertiary alicyclic amines) is 1. The molecule has 2 N–H and O–H groups in total. The number of carbonyl (C=O) groups is 1. The number of nitrogens with zero attached hydrogens (tertiary/aromatic N) is 2. The van der Waals surface area contributed by atoms with Crippen molar-refractivity contribution in [1.29, 1.82) is 0 Å². The molecule has 0 bridgehead atoms. The van der Waals surface area contributed by atoms with E-state index in [-0.39, 0.29) is 6.03 Å². The fraction of sp³-hybridized carbons (Fsp3) is 0.474. The molecule has 0 aliphatic carbocycles. The van der Waals surface area contributed by atoms with E-state index in [1.165, 1.54) is 16.8 Å². The molecule has 0 saturated carbocycles. The zero-order valence-corrected chi connectivity index (χ0v) is 14.3. The van der Waals surface area contributed by atoms with Crippen LogP contribution >= 0.6 is 0 Å². The maximum Gasteiger partial charge on any atom is 0.317 e. The van der Waals surface area contributed by atoms with Crippen molar-refractivity contribution in [2.24, 2.45) is 0 Å². The maximum atomic E-state index is 12.4. The van der Waals surface area contributed by atoms with Crippen LogP contribution in [0.1, 0.15) is 34.9 Å². The van der Waals surface area contributed by atoms with Gasteiger partial charge in [0.2, 0.25) is 0 Å². The second-order valence-electron chi connectivity index (χ2n) is 6.77. The summed E-state index contributed by atoms with van der Waals surface area (Å²) in [7, 11) is 0. The fourth-order valence-corrected chi connectivity index (χ4v) is 3.71. The average molecular weight is 340 g/mol. The van der Waals surface area contributed by atoms with Gasteiger partial charge in [-0.2, -0.15) is 5.10 Å². The maximum absolute atomic E-state index is 12.4. The van der Waals surface area contributed by atoms with Gasteiger partial charge in [-0.1, -0.05) is 30.3 Å². The minimum atomic E-state index is 0.0269. The Balaban J connectivity index is 1.30. The predicted molar refractivity (Wildman–Crippen MR) is 94.4 cm³/mol. The molecule has 2 aliphatic rings. The Morgan fingerprint density at radius 1 is 1.36 bits per heavy atom. The number of H-pyrrole nitrogens is 1. The molecular weight excluding hydrogens is 316 g/mol. The van der Waals surface area contributed by atoms with Crippen molar-refractivity contribution in [2.75, 3.05) is 26.2 Å². The van der Waals surface area contributed by atoms with Crippen molar-refractivity contribution in [2.45, 2.75) is 31.8 Å². The third kappa shape index (κ3) is 3.54. The van der Waals surface area contributed by atoms with Crippen LogP contribution in [0.2, 0.25) is 0 Å². The SMILES string of the molecule is O=C(NCCc1ccccc1)N1CCC(c2n[nH]c3c2COCC3)C1. The molecule has 132 valence electrons. The van der Waals surface area contributed by atoms with Crippen LogP contribution in [0, 0.1) is 0 Å². The molecule has 2 aliphatic heterocycles. The van der Waals surface area contributed by atoms with E-state index in [4.69, 9.17) is 4.74 Å². The Hall–Kier alpha value is -2.34. The molecule has 1 atom stereocenters. The Morgan fingerprint density at radius 3 is 3.12 bits per heavy atom. The molecule has 1 aromatic heterocycles. The molecule has 2 aromatic rings. The molecule has 1 unspecified atom stereocenters. The number of carbonyl (C=O) groups excluding carboxylic acids is 1. The first-order valence-corrected chi connectivity index (χ1v) is 9.01. The molecular formula is C19H24N4O2. The van der Waals surface area contributed by atoms with E-state index in [0.29, 0.717) is 19.1 Å². The van der Waals surface area contributed by atoms with Crippen LogP contribution in [-0.2, 0) is 24.2 Å². The van der Waals surface area contributed by atoms with Gasteiger partial charge in [0.05, 0.1) is 18.9 Å². The topological polar surface area (TPSA) is 70.2 Å². The van der Waals surface area contributed by atoms with Gasteiger partial charge in [-0.05, 0) is 18.4 Å². The number of ether oxygens (including phenoxy) is 1. The number of hydrogen-bond donors (Lipinski definition) is 2. The lowest BCUT2D eigenvalue weighted by Crippen LogP contribution is -2.39. The summed E-state index contributed by atoms with van der Waals surface area (Å²) in [4.78, 5) is 14.3. The lowest BCUT2D eigenvalue weighted by molar-refractivity contribution is 0.109. The van der Waals surface area contributed by atoms with Crippen LogP contribution in [0.25, 0.3) is 0 Å². The molecule has 3 heterocycles. The first-order valence-electron chi connectivity index (χ1n) is 9.01. The number of fused-ring (bicyclic) bond motifs is 1. The molecule has 1 aromatic carbocycles. The fourth-order valence-electron chi connectivity index (χ4n) is 3.71. The van der Waals surface area contributed by atoms with Crippen LogP contribution in [0.4, 0.5) is 4.79 Å². The quantitative estimate of drug-likeness (QED) is 0.897. The van der Waals surface area contributed by atoms with Gasteiger partial charge in [-0.15, -0.1) is 0 Å². The van der Waals surface area contributed by atoms with Gasteiger partial charge in [0.25, 0.3) is 0 Å². The molecule has 4 rings (SSSR count). The first kappa shape index (κ1) is 16.1. The summed E-state index contributed by atoms with van der Waals surface area (Å²) in [5.74, 6) is 0.307. The van der Waals surface area contributed by atoms with Crippen molar-refractivity contribution in [3.8, 4) is 0 Å². The monoisotopic (exact) mass is 340 g/mol. The van der Waals surface area contributed by atoms with Gasteiger partial charge >= 0.3 is 6.03 Å². The van der Waals surface area contributed by atoms with Crippen LogP contribution in [0.3, 0.4) is 0 Å². The number of amides is 2. The zero-order valence-electron chi connectivity index (χ0n) is 14.3. The van der Waals surface area contributed by atoms with Crippen molar-refractivity contribution in [3.63, 3.8) is 0 Å². The molecule has 0 spiro atoms. The van der Waals surface area contributed by atoms with Crippen LogP contribution in [0.5, 0.6) is 0 Å². The number of aromatic amines is 1. The molecule has 1 fully saturated rings.